The molecular formula is C32H16Br2F16O. The molecule has 0 heterocycles. The molecule has 0 amide bonds. The topological polar surface area (TPSA) is 9.23 Å². The summed E-state index contributed by atoms with van der Waals surface area (Å²) in [5.41, 5.74) is -7.22. The van der Waals surface area contributed by atoms with Crippen molar-refractivity contribution in [1.82, 2.24) is 0 Å². The molecule has 4 rings (SSSR count). The Morgan fingerprint density at radius 1 is 0.333 bits per heavy atom. The van der Waals surface area contributed by atoms with Crippen LogP contribution in [0.25, 0.3) is 0 Å². The van der Waals surface area contributed by atoms with Crippen LogP contribution in [0.3, 0.4) is 0 Å². The minimum Gasteiger partial charge on any atom is -0.457 e. The minimum absolute atomic E-state index is 0.0766. The second-order valence-corrected chi connectivity index (χ2v) is 12.6. The molecular weight excluding hydrogens is 864 g/mol. The number of alkyl halides is 16. The van der Waals surface area contributed by atoms with Crippen molar-refractivity contribution in [3.63, 3.8) is 0 Å². The molecule has 1 nitrogen and oxygen atoms in total. The average Bonchev–Trinajstić information content (AvgIpc) is 3.04. The molecule has 0 fully saturated rings. The van der Waals surface area contributed by atoms with Gasteiger partial charge in [0, 0.05) is 31.2 Å². The van der Waals surface area contributed by atoms with Crippen LogP contribution in [0.1, 0.15) is 22.3 Å². The highest BCUT2D eigenvalue weighted by Gasteiger charge is 2.82. The Morgan fingerprint density at radius 3 is 0.843 bits per heavy atom. The summed E-state index contributed by atoms with van der Waals surface area (Å²) in [6, 6.07) is 7.04. The highest BCUT2D eigenvalue weighted by molar-refractivity contribution is 9.10. The summed E-state index contributed by atoms with van der Waals surface area (Å²) in [5, 5.41) is 0. The molecule has 4 aromatic rings. The number of hydrogen-bond donors (Lipinski definition) is 0. The van der Waals surface area contributed by atoms with E-state index in [1.54, 1.807) is 0 Å². The first-order valence-corrected chi connectivity index (χ1v) is 15.2. The van der Waals surface area contributed by atoms with Gasteiger partial charge in [0.15, 0.2) is 0 Å². The molecule has 276 valence electrons. The number of rotatable bonds is 12. The third-order valence-corrected chi connectivity index (χ3v) is 8.40. The van der Waals surface area contributed by atoms with Crippen molar-refractivity contribution in [3.05, 3.63) is 128 Å². The van der Waals surface area contributed by atoms with E-state index in [2.05, 4.69) is 31.9 Å². The molecule has 0 aromatic heterocycles. The lowest BCUT2D eigenvalue weighted by Crippen LogP contribution is -2.59. The highest BCUT2D eigenvalue weighted by Crippen LogP contribution is 2.61. The molecule has 0 spiro atoms. The molecule has 4 aromatic carbocycles. The Labute approximate surface area is 293 Å². The second kappa shape index (κ2) is 13.2. The maximum Gasteiger partial charge on any atom is 0.382 e. The van der Waals surface area contributed by atoms with Gasteiger partial charge in [0.05, 0.1) is 0 Å². The molecule has 0 aliphatic rings. The zero-order valence-electron chi connectivity index (χ0n) is 24.4. The highest BCUT2D eigenvalue weighted by atomic mass is 79.9. The van der Waals surface area contributed by atoms with Crippen LogP contribution in [0.15, 0.2) is 106 Å². The Morgan fingerprint density at radius 2 is 0.588 bits per heavy atom. The van der Waals surface area contributed by atoms with Crippen LogP contribution >= 0.6 is 31.9 Å². The third-order valence-electron chi connectivity index (χ3n) is 7.41. The molecule has 51 heavy (non-hydrogen) atoms. The molecule has 0 unspecified atom stereocenters. The lowest BCUT2D eigenvalue weighted by Gasteiger charge is -2.37. The van der Waals surface area contributed by atoms with Gasteiger partial charge in [0.1, 0.15) is 11.5 Å². The summed E-state index contributed by atoms with van der Waals surface area (Å²) in [6.07, 6.45) is 0. The van der Waals surface area contributed by atoms with E-state index in [-0.39, 0.29) is 33.2 Å². The fraction of sp³-hybridized carbons (Fsp3) is 0.250. The van der Waals surface area contributed by atoms with Crippen LogP contribution in [0.5, 0.6) is 11.5 Å². The van der Waals surface area contributed by atoms with Crippen LogP contribution in [-0.4, -0.2) is 23.7 Å². The molecule has 0 saturated heterocycles. The zero-order chi connectivity index (χ0) is 38.6. The third kappa shape index (κ3) is 6.56. The smallest absolute Gasteiger partial charge is 0.382 e. The first kappa shape index (κ1) is 40.3. The van der Waals surface area contributed by atoms with E-state index >= 15 is 0 Å². The number of hydrogen-bond acceptors (Lipinski definition) is 1. The SMILES string of the molecule is FC(F)(c1ccc(Oc2ccc(C(F)(F)C(F)(F)C(F)(F)C(F)(F)c3cccc(Br)c3)cc2)cc1)C(F)(F)C(F)(F)C(F)(F)c1cccc(Br)c1. The van der Waals surface area contributed by atoms with E-state index in [9.17, 15) is 70.2 Å². The molecule has 0 atom stereocenters. The van der Waals surface area contributed by atoms with Crippen molar-refractivity contribution in [2.45, 2.75) is 47.4 Å². The first-order chi connectivity index (χ1) is 23.2. The van der Waals surface area contributed by atoms with Gasteiger partial charge in [-0.05, 0) is 72.8 Å². The van der Waals surface area contributed by atoms with Gasteiger partial charge in [0.25, 0.3) is 0 Å². The predicted octanol–water partition coefficient (Wildman–Crippen LogP) is 13.3. The van der Waals surface area contributed by atoms with Gasteiger partial charge in [-0.3, -0.25) is 0 Å². The van der Waals surface area contributed by atoms with E-state index in [4.69, 9.17) is 4.74 Å². The standard InChI is InChI=1S/C32H16Br2F16O/c33-21-5-1-3-19(15-21)27(39,40)31(47,48)29(43,44)25(35,36)17-7-11-23(12-8-17)51-24-13-9-18(10-14-24)26(37,38)30(45,46)32(49,50)28(41,42)20-4-2-6-22(34)16-20/h1-16H. The molecule has 0 aliphatic carbocycles. The van der Waals surface area contributed by atoms with Gasteiger partial charge in [-0.2, -0.15) is 70.2 Å². The number of halogens is 18. The van der Waals surface area contributed by atoms with Crippen molar-refractivity contribution < 1.29 is 75.0 Å². The first-order valence-electron chi connectivity index (χ1n) is 13.6. The van der Waals surface area contributed by atoms with Crippen LogP contribution in [-0.2, 0) is 23.7 Å². The molecule has 0 aliphatic heterocycles. The van der Waals surface area contributed by atoms with Crippen LogP contribution in [0.2, 0.25) is 0 Å². The van der Waals surface area contributed by atoms with Gasteiger partial charge in [-0.15, -0.1) is 0 Å². The maximum absolute atomic E-state index is 14.8. The van der Waals surface area contributed by atoms with Crippen LogP contribution in [0.4, 0.5) is 70.2 Å². The van der Waals surface area contributed by atoms with Crippen molar-refractivity contribution >= 4 is 31.9 Å². The van der Waals surface area contributed by atoms with Crippen molar-refractivity contribution in [3.8, 4) is 11.5 Å². The van der Waals surface area contributed by atoms with E-state index < -0.39 is 81.1 Å². The average molecular weight is 880 g/mol. The fourth-order valence-electron chi connectivity index (χ4n) is 4.48. The largest absolute Gasteiger partial charge is 0.457 e. The van der Waals surface area contributed by atoms with Crippen molar-refractivity contribution in [1.29, 1.82) is 0 Å². The summed E-state index contributed by atoms with van der Waals surface area (Å²) in [6.45, 7) is 0. The van der Waals surface area contributed by atoms with Crippen molar-refractivity contribution in [2.24, 2.45) is 0 Å². The number of benzene rings is 4. The molecule has 0 radical (unpaired) electrons. The zero-order valence-corrected chi connectivity index (χ0v) is 27.6. The van der Waals surface area contributed by atoms with Gasteiger partial charge >= 0.3 is 47.4 Å². The van der Waals surface area contributed by atoms with Gasteiger partial charge in [-0.1, -0.05) is 56.1 Å². The van der Waals surface area contributed by atoms with E-state index in [0.717, 1.165) is 24.3 Å². The fourth-order valence-corrected chi connectivity index (χ4v) is 5.28. The molecule has 0 N–H and O–H groups in total. The van der Waals surface area contributed by atoms with Crippen LogP contribution in [0, 0.1) is 0 Å². The molecule has 0 saturated carbocycles. The molecule has 0 bridgehead atoms. The second-order valence-electron chi connectivity index (χ2n) is 10.8. The van der Waals surface area contributed by atoms with Gasteiger partial charge < -0.3 is 4.74 Å². The monoisotopic (exact) mass is 878 g/mol. The van der Waals surface area contributed by atoms with Crippen molar-refractivity contribution in [2.75, 3.05) is 0 Å². The maximum atomic E-state index is 14.8. The Kier molecular flexibility index (Phi) is 10.4. The Bertz CT molecular complexity index is 1730. The Balaban J connectivity index is 1.55. The lowest BCUT2D eigenvalue weighted by atomic mass is 9.90. The van der Waals surface area contributed by atoms with E-state index in [1.165, 1.54) is 0 Å². The Hall–Kier alpha value is -3.48. The quantitative estimate of drug-likeness (QED) is 0.129. The van der Waals surface area contributed by atoms with E-state index in [0.29, 0.717) is 48.5 Å². The summed E-state index contributed by atoms with van der Waals surface area (Å²) in [7, 11) is 0. The summed E-state index contributed by atoms with van der Waals surface area (Å²) >= 11 is 5.36. The lowest BCUT2D eigenvalue weighted by molar-refractivity contribution is -0.374. The predicted molar refractivity (Wildman–Crippen MR) is 157 cm³/mol. The molecule has 19 heteroatoms. The number of ether oxygens (including phenoxy) is 1. The van der Waals surface area contributed by atoms with E-state index in [1.807, 2.05) is 0 Å². The summed E-state index contributed by atoms with van der Waals surface area (Å²) in [5.74, 6) is -51.5. The van der Waals surface area contributed by atoms with Gasteiger partial charge in [-0.25, -0.2) is 0 Å². The summed E-state index contributed by atoms with van der Waals surface area (Å²) in [4.78, 5) is 0. The normalized spacial score (nSPS) is 14.1. The van der Waals surface area contributed by atoms with Crippen LogP contribution < -0.4 is 4.74 Å². The summed E-state index contributed by atoms with van der Waals surface area (Å²) < 4.78 is 239. The minimum atomic E-state index is -6.71. The van der Waals surface area contributed by atoms with Gasteiger partial charge in [0.2, 0.25) is 0 Å².